The summed E-state index contributed by atoms with van der Waals surface area (Å²) in [7, 11) is -2.79. The molecule has 0 saturated carbocycles. The second-order valence-corrected chi connectivity index (χ2v) is 30.2. The molecule has 0 bridgehead atoms. The number of aryl methyl sites for hydroxylation is 2. The number of ether oxygens (including phenoxy) is 2. The molecule has 0 aliphatic carbocycles. The van der Waals surface area contributed by atoms with Gasteiger partial charge in [-0.3, -0.25) is 0 Å². The molecule has 0 heterocycles. The number of phenols is 2. The third-order valence-electron chi connectivity index (χ3n) is 14.5. The zero-order valence-corrected chi connectivity index (χ0v) is 51.4. The van der Waals surface area contributed by atoms with Gasteiger partial charge in [0.15, 0.2) is 35.7 Å². The van der Waals surface area contributed by atoms with Crippen LogP contribution in [0.4, 0.5) is 17.6 Å². The molecule has 4 nitrogen and oxygen atoms in total. The largest absolute Gasteiger partial charge is 0.585 e. The number of aliphatic hydroxyl groups is 2. The fourth-order valence-electron chi connectivity index (χ4n) is 9.38. The molecule has 0 aliphatic rings. The molecule has 74 heavy (non-hydrogen) atoms. The molecule has 4 N–H and O–H groups in total. The van der Waals surface area contributed by atoms with Crippen LogP contribution in [0.3, 0.4) is 0 Å². The van der Waals surface area contributed by atoms with Crippen LogP contribution in [-0.4, -0.2) is 40.2 Å². The molecule has 6 aromatic rings. The predicted molar refractivity (Wildman–Crippen MR) is 304 cm³/mol. The van der Waals surface area contributed by atoms with Gasteiger partial charge in [-0.25, -0.2) is 17.6 Å². The molecule has 0 amide bonds. The average molecular weight is 1110 g/mol. The summed E-state index contributed by atoms with van der Waals surface area (Å²) in [6.07, 6.45) is 0.454. The van der Waals surface area contributed by atoms with Crippen LogP contribution in [0.2, 0.25) is 11.1 Å². The van der Waals surface area contributed by atoms with E-state index in [-0.39, 0.29) is 120 Å². The standard InChI is InChI=1S/C62H76F4O4Si.2CH3.Zr/c1-35(2)71(36(3)4,33-69-55-31-53(65)51(63)29-47(55)49-21-37(5)19-45(57(49)67)39-23-41(59(7,8)9)27-42(24-39)60(10,11)12)34-70-56-32-54(66)52(64)30-48(56)50-22-38(6)20-46(58(50)68)40-25-43(61(13,14)15)28-44(26-40)62(16,17)18;;;/h19-32,35-36,67-68H,33-34H2,1-18H3;2*1H3;/q;2*-1;/p+2. The summed E-state index contributed by atoms with van der Waals surface area (Å²) in [5.74, 6) is -4.04. The van der Waals surface area contributed by atoms with Crippen LogP contribution in [0, 0.1) is 52.0 Å². The van der Waals surface area contributed by atoms with Crippen molar-refractivity contribution in [2.45, 2.75) is 157 Å². The number of hydrogen-bond donors (Lipinski definition) is 2. The van der Waals surface area contributed by atoms with E-state index in [1.807, 2.05) is 26.0 Å². The molecule has 400 valence electrons. The molecule has 0 aliphatic heterocycles. The van der Waals surface area contributed by atoms with Crippen molar-refractivity contribution in [3.05, 3.63) is 156 Å². The molecule has 6 aromatic carbocycles. The molecule has 0 radical (unpaired) electrons. The summed E-state index contributed by atoms with van der Waals surface area (Å²) in [5.41, 5.74) is 9.29. The first-order valence-electron chi connectivity index (χ1n) is 25.0. The maximum Gasteiger partial charge on any atom is 0.267 e. The van der Waals surface area contributed by atoms with E-state index in [2.05, 4.69) is 147 Å². The van der Waals surface area contributed by atoms with Crippen LogP contribution in [0.5, 0.6) is 23.0 Å². The first-order valence-corrected chi connectivity index (χ1v) is 27.5. The molecule has 0 saturated heterocycles. The van der Waals surface area contributed by atoms with Crippen LogP contribution < -0.4 is 0 Å². The number of rotatable bonds is 12. The summed E-state index contributed by atoms with van der Waals surface area (Å²) < 4.78 is 72.1. The van der Waals surface area contributed by atoms with Gasteiger partial charge in [-0.1, -0.05) is 147 Å². The van der Waals surface area contributed by atoms with E-state index in [1.54, 1.807) is 12.1 Å². The Kier molecular flexibility index (Phi) is 20.0. The summed E-state index contributed by atoms with van der Waals surface area (Å²) in [6.45, 7) is 38.0. The van der Waals surface area contributed by atoms with Crippen LogP contribution in [-0.2, 0) is 47.9 Å². The topological polar surface area (TPSA) is 66.1 Å². The van der Waals surface area contributed by atoms with Gasteiger partial charge in [-0.15, -0.1) is 0 Å². The third-order valence-corrected chi connectivity index (χ3v) is 20.6. The van der Waals surface area contributed by atoms with Crippen LogP contribution in [0.1, 0.15) is 144 Å². The fourth-order valence-corrected chi connectivity index (χ4v) is 13.2. The van der Waals surface area contributed by atoms with Gasteiger partial charge < -0.3 is 34.5 Å². The van der Waals surface area contributed by atoms with Crippen molar-refractivity contribution in [3.8, 4) is 67.5 Å². The Morgan fingerprint density at radius 1 is 0.405 bits per heavy atom. The van der Waals surface area contributed by atoms with Gasteiger partial charge in [0.25, 0.3) is 19.6 Å². The van der Waals surface area contributed by atoms with Gasteiger partial charge in [-0.05, 0) is 127 Å². The van der Waals surface area contributed by atoms with Gasteiger partial charge in [0, 0.05) is 48.5 Å². The van der Waals surface area contributed by atoms with Gasteiger partial charge in [0.05, 0.1) is 23.3 Å². The van der Waals surface area contributed by atoms with Crippen LogP contribution >= 0.6 is 0 Å². The minimum absolute atomic E-state index is 0. The Bertz CT molecular complexity index is 2700. The number of phenolic OH excluding ortho intramolecular Hbond substituents is 2. The molecular formula is C64H84F4O4SiZr. The Balaban J connectivity index is 0.00000481. The summed E-state index contributed by atoms with van der Waals surface area (Å²) >= 11 is 0. The number of hydrogen-bond acceptors (Lipinski definition) is 2. The maximum absolute atomic E-state index is 15.5. The smallest absolute Gasteiger partial charge is 0.267 e. The van der Waals surface area contributed by atoms with E-state index in [4.69, 9.17) is 9.47 Å². The monoisotopic (exact) mass is 1110 g/mol. The molecule has 0 fully saturated rings. The molecule has 0 spiro atoms. The zero-order valence-electron chi connectivity index (χ0n) is 48.0. The van der Waals surface area contributed by atoms with Gasteiger partial charge >= 0.3 is 0 Å². The summed E-state index contributed by atoms with van der Waals surface area (Å²) in [6, 6.07) is 24.5. The van der Waals surface area contributed by atoms with E-state index in [9.17, 15) is 10.2 Å². The molecule has 0 aromatic heterocycles. The minimum Gasteiger partial charge on any atom is -0.585 e. The van der Waals surface area contributed by atoms with Crippen LogP contribution in [0.25, 0.3) is 44.5 Å². The molecule has 6 rings (SSSR count). The van der Waals surface area contributed by atoms with Crippen molar-refractivity contribution < 1.29 is 63.5 Å². The molecular weight excluding hydrogens is 1030 g/mol. The van der Waals surface area contributed by atoms with Gasteiger partial charge in [0.1, 0.15) is 11.5 Å². The van der Waals surface area contributed by atoms with E-state index in [0.717, 1.165) is 68.8 Å². The second kappa shape index (κ2) is 23.3. The van der Waals surface area contributed by atoms with E-state index >= 15 is 17.6 Å². The van der Waals surface area contributed by atoms with Gasteiger partial charge in [-0.2, -0.15) is 0 Å². The number of aromatic hydroxyl groups is 4. The Hall–Kier alpha value is -4.66. The van der Waals surface area contributed by atoms with E-state index in [0.29, 0.717) is 22.3 Å². The SMILES string of the molecule is Cc1cc(-c2cc(C(C)(C)C)cc(C(C)(C)C)c2)c(O)c(-c2cc(F)c(F)cc2[OH+]C[Si](C[OH+]c2cc(F)c(F)cc2-c2cc(C)cc(-c3cc(C(C)(C)C)cc(C(C)(C)C)c3)c2O)(C(C)C)C(C)C)c1.[CH3-].[CH3-].[Zr]. The average Bonchev–Trinajstić information content (AvgIpc) is 3.25. The first-order chi connectivity index (χ1) is 32.6. The Morgan fingerprint density at radius 2 is 0.662 bits per heavy atom. The Labute approximate surface area is 462 Å². The second-order valence-electron chi connectivity index (χ2n) is 24.8. The minimum atomic E-state index is -2.79. The zero-order chi connectivity index (χ0) is 53.1. The third kappa shape index (κ3) is 13.7. The normalized spacial score (nSPS) is 12.3. The summed E-state index contributed by atoms with van der Waals surface area (Å²) in [4.78, 5) is 0. The van der Waals surface area contributed by atoms with Crippen LogP contribution in [0.15, 0.2) is 84.9 Å². The van der Waals surface area contributed by atoms with E-state index < -0.39 is 31.3 Å². The maximum atomic E-state index is 15.5. The van der Waals surface area contributed by atoms with E-state index in [1.165, 1.54) is 0 Å². The predicted octanol–water partition coefficient (Wildman–Crippen LogP) is 18.6. The number of benzene rings is 6. The van der Waals surface area contributed by atoms with Crippen molar-refractivity contribution in [2.75, 3.05) is 12.5 Å². The molecule has 0 unspecified atom stereocenters. The summed E-state index contributed by atoms with van der Waals surface area (Å²) in [5, 5.41) is 24.5. The first kappa shape index (κ1) is 63.6. The van der Waals surface area contributed by atoms with Crippen molar-refractivity contribution >= 4 is 8.07 Å². The van der Waals surface area contributed by atoms with Crippen molar-refractivity contribution in [1.82, 2.24) is 0 Å². The number of halogens is 4. The van der Waals surface area contributed by atoms with Crippen molar-refractivity contribution in [3.63, 3.8) is 0 Å². The van der Waals surface area contributed by atoms with Crippen molar-refractivity contribution in [2.24, 2.45) is 0 Å². The molecule has 0 atom stereocenters. The van der Waals surface area contributed by atoms with Gasteiger partial charge in [0.2, 0.25) is 0 Å². The Morgan fingerprint density at radius 3 is 0.919 bits per heavy atom. The fraction of sp³-hybridized carbons (Fsp3) is 0.406. The quantitative estimate of drug-likeness (QED) is 0.0555. The van der Waals surface area contributed by atoms with Crippen molar-refractivity contribution in [1.29, 1.82) is 0 Å². The molecule has 10 heteroatoms.